The Balaban J connectivity index is -0.00000149. The van der Waals surface area contributed by atoms with Gasteiger partial charge in [-0.05, 0) is 64.8 Å². The SMILES string of the molecule is CC(C)(C)COS(=O)(=O)c1cc(Cl)cc(S(=O)(=O)[O-])c1-c1c(S(=O)(=O)OCC(C)(C)C)cc(Cl)cc1S(=O)(=O)OCC(C)(C)C.O=S(=O)([O-])c1cc(Cl)cc(S(=O)(=O)[O-])c1-c1c(S(=O)(=O)[O-])cc(Cl)cc1S(=O)(=O)[O-].[Na+].[Na+].[Na+].[Na+].[Na+]. The molecule has 80 heavy (non-hydrogen) atoms. The molecule has 4 rings (SSSR count). The molecule has 0 aliphatic rings. The van der Waals surface area contributed by atoms with Gasteiger partial charge >= 0.3 is 148 Å². The van der Waals surface area contributed by atoms with E-state index in [0.717, 1.165) is 12.1 Å². The van der Waals surface area contributed by atoms with Gasteiger partial charge in [0.05, 0.1) is 44.3 Å². The average molecular weight is 1410 g/mol. The van der Waals surface area contributed by atoms with Crippen LogP contribution >= 0.6 is 46.4 Å². The zero-order chi connectivity index (χ0) is 58.6. The van der Waals surface area contributed by atoms with Crippen molar-refractivity contribution in [3.8, 4) is 22.3 Å². The van der Waals surface area contributed by atoms with Gasteiger partial charge in [0.15, 0.2) is 0 Å². The van der Waals surface area contributed by atoms with Gasteiger partial charge in [-0.3, -0.25) is 12.5 Å². The van der Waals surface area contributed by atoms with Crippen molar-refractivity contribution in [2.24, 2.45) is 16.2 Å². The zero-order valence-electron chi connectivity index (χ0n) is 44.8. The van der Waals surface area contributed by atoms with Crippen LogP contribution in [0.25, 0.3) is 22.3 Å². The fraction of sp³-hybridized carbons (Fsp3) is 0.385. The summed E-state index contributed by atoms with van der Waals surface area (Å²) in [7, 11) is -44.0. The largest absolute Gasteiger partial charge is 1.00 e. The topological polar surface area (TPSA) is 416 Å². The first-order chi connectivity index (χ1) is 33.1. The smallest absolute Gasteiger partial charge is 0.744 e. The molecule has 41 heteroatoms. The van der Waals surface area contributed by atoms with Gasteiger partial charge in [-0.2, -0.15) is 25.3 Å². The molecular weight excluding hydrogens is 1370 g/mol. The standard InChI is InChI=1S/C27H38Cl2O12S4.C12H8Cl2O12S4.5Na/c1-25(2,3)14-39-43(33,34)20-11-17(28)10-19(42(30,31)32)23(20)24-21(44(35,36)40-15-26(4,5)6)12-18(29)13-22(24)45(37,38)41-16-27(7,8)9;13-5-1-7(27(15,16)17)11(8(2-5)28(18,19)20)12-9(29(21,22)23)3-6(14)4-10(12)30(24,25)26;;;;;/h10-13H,14-16H2,1-9H3,(H,30,31,32);1-4H,(H,15,16,17)(H,18,19,20)(H,21,22,23)(H,24,25,26);;;;;/q;;5*+1/p-5. The molecule has 0 unspecified atom stereocenters. The van der Waals surface area contributed by atoms with Gasteiger partial charge in [-0.25, -0.2) is 42.1 Å². The van der Waals surface area contributed by atoms with Crippen LogP contribution in [0.3, 0.4) is 0 Å². The van der Waals surface area contributed by atoms with Gasteiger partial charge < -0.3 is 22.8 Å². The van der Waals surface area contributed by atoms with E-state index >= 15 is 0 Å². The molecule has 0 N–H and O–H groups in total. The number of benzene rings is 4. The Morgan fingerprint density at radius 2 is 0.425 bits per heavy atom. The maximum Gasteiger partial charge on any atom is 1.00 e. The monoisotopic (exact) mass is 1400 g/mol. The van der Waals surface area contributed by atoms with Crippen LogP contribution in [0.2, 0.25) is 20.1 Å². The van der Waals surface area contributed by atoms with E-state index in [1.807, 2.05) is 0 Å². The quantitative estimate of drug-likeness (QED) is 0.0571. The van der Waals surface area contributed by atoms with Crippen LogP contribution in [0.4, 0.5) is 0 Å². The Morgan fingerprint density at radius 1 is 0.300 bits per heavy atom. The number of hydrogen-bond acceptors (Lipinski definition) is 24. The Bertz CT molecular complexity index is 3620. The van der Waals surface area contributed by atoms with E-state index in [1.54, 1.807) is 62.3 Å². The Morgan fingerprint density at radius 3 is 0.562 bits per heavy atom. The second kappa shape index (κ2) is 30.9. The average Bonchev–Trinajstić information content (AvgIpc) is 3.18. The van der Waals surface area contributed by atoms with Crippen LogP contribution in [0.1, 0.15) is 62.3 Å². The summed E-state index contributed by atoms with van der Waals surface area (Å²) in [4.78, 5) is -11.3. The minimum atomic E-state index is -5.79. The van der Waals surface area contributed by atoms with E-state index in [4.69, 9.17) is 59.0 Å². The Kier molecular flexibility index (Phi) is 33.4. The maximum atomic E-state index is 13.7. The summed E-state index contributed by atoms with van der Waals surface area (Å²) in [6.45, 7) is 13.3. The van der Waals surface area contributed by atoms with Gasteiger partial charge in [0.1, 0.15) is 65.3 Å². The number of halogens is 4. The molecule has 0 aliphatic carbocycles. The molecule has 0 saturated carbocycles. The van der Waals surface area contributed by atoms with Crippen molar-refractivity contribution in [1.29, 1.82) is 0 Å². The Hall–Kier alpha value is 2.32. The van der Waals surface area contributed by atoms with Gasteiger partial charge in [0, 0.05) is 42.3 Å². The predicted molar refractivity (Wildman–Crippen MR) is 261 cm³/mol. The first-order valence-electron chi connectivity index (χ1n) is 19.9. The molecule has 0 amide bonds. The van der Waals surface area contributed by atoms with Gasteiger partial charge in [-0.15, -0.1) is 0 Å². The summed E-state index contributed by atoms with van der Waals surface area (Å²) in [5, 5.41) is -2.67. The molecule has 0 aromatic heterocycles. The van der Waals surface area contributed by atoms with Crippen LogP contribution in [0.15, 0.2) is 87.7 Å². The van der Waals surface area contributed by atoms with Crippen molar-refractivity contribution in [2.45, 2.75) is 101 Å². The molecule has 0 heterocycles. The molecule has 24 nitrogen and oxygen atoms in total. The summed E-state index contributed by atoms with van der Waals surface area (Å²) in [6, 6.07) is 3.82. The summed E-state index contributed by atoms with van der Waals surface area (Å²) < 4.78 is 275. The maximum absolute atomic E-state index is 13.7. The second-order valence-electron chi connectivity index (χ2n) is 19.2. The van der Waals surface area contributed by atoms with Crippen LogP contribution in [0.5, 0.6) is 0 Å². The van der Waals surface area contributed by atoms with Crippen LogP contribution in [0, 0.1) is 16.2 Å². The molecule has 4 aromatic carbocycles. The number of hydrogen-bond donors (Lipinski definition) is 0. The van der Waals surface area contributed by atoms with Crippen molar-refractivity contribution in [3.05, 3.63) is 68.6 Å². The van der Waals surface area contributed by atoms with Crippen LogP contribution in [-0.4, -0.2) is 110 Å². The molecular formula is C39H41Cl4Na5O24S8. The molecule has 0 spiro atoms. The third-order valence-corrected chi connectivity index (χ3v) is 17.8. The van der Waals surface area contributed by atoms with Gasteiger partial charge in [0.25, 0.3) is 30.4 Å². The summed E-state index contributed by atoms with van der Waals surface area (Å²) in [5.41, 5.74) is -7.74. The molecule has 0 fully saturated rings. The minimum Gasteiger partial charge on any atom is -0.744 e. The van der Waals surface area contributed by atoms with Crippen molar-refractivity contribution < 1.29 is 250 Å². The van der Waals surface area contributed by atoms with Crippen molar-refractivity contribution in [2.75, 3.05) is 19.8 Å². The van der Waals surface area contributed by atoms with E-state index < -0.39 is 199 Å². The summed E-state index contributed by atoms with van der Waals surface area (Å²) >= 11 is 23.3. The van der Waals surface area contributed by atoms with Crippen molar-refractivity contribution >= 4 is 127 Å². The molecule has 0 atom stereocenters. The molecule has 0 saturated heterocycles. The fourth-order valence-corrected chi connectivity index (χ4v) is 15.2. The normalized spacial score (nSPS) is 13.0. The van der Waals surface area contributed by atoms with Crippen molar-refractivity contribution in [3.63, 3.8) is 0 Å². The predicted octanol–water partition coefficient (Wildman–Crippen LogP) is -8.88. The molecule has 0 bridgehead atoms. The summed E-state index contributed by atoms with van der Waals surface area (Å²) in [6.07, 6.45) is 0. The van der Waals surface area contributed by atoms with E-state index in [2.05, 4.69) is 0 Å². The Labute approximate surface area is 596 Å². The molecule has 0 aliphatic heterocycles. The van der Waals surface area contributed by atoms with Crippen LogP contribution < -0.4 is 148 Å². The van der Waals surface area contributed by atoms with Gasteiger partial charge in [0.2, 0.25) is 0 Å². The van der Waals surface area contributed by atoms with E-state index in [-0.39, 0.29) is 172 Å². The first-order valence-corrected chi connectivity index (χ1v) is 32.7. The summed E-state index contributed by atoms with van der Waals surface area (Å²) in [5.74, 6) is 0. The molecule has 422 valence electrons. The van der Waals surface area contributed by atoms with Gasteiger partial charge in [-0.1, -0.05) is 109 Å². The number of rotatable bonds is 16. The third-order valence-electron chi connectivity index (χ3n) is 8.72. The zero-order valence-corrected chi connectivity index (χ0v) is 64.4. The van der Waals surface area contributed by atoms with E-state index in [1.165, 1.54) is 0 Å². The molecule has 0 radical (unpaired) electrons. The molecule has 4 aromatic rings. The fourth-order valence-electron chi connectivity index (χ4n) is 5.75. The second-order valence-corrected chi connectivity index (χ2v) is 32.4. The van der Waals surface area contributed by atoms with E-state index in [9.17, 15) is 90.1 Å². The van der Waals surface area contributed by atoms with E-state index in [0.29, 0.717) is 12.1 Å². The minimum absolute atomic E-state index is 0. The van der Waals surface area contributed by atoms with Crippen LogP contribution in [-0.2, 0) is 93.5 Å². The first kappa shape index (κ1) is 86.5. The van der Waals surface area contributed by atoms with Crippen molar-refractivity contribution in [1.82, 2.24) is 0 Å². The third kappa shape index (κ3) is 24.6.